The first-order valence-corrected chi connectivity index (χ1v) is 3.69. The van der Waals surface area contributed by atoms with Crippen molar-refractivity contribution in [2.45, 2.75) is 13.0 Å². The molecule has 2 atom stereocenters. The zero-order valence-corrected chi connectivity index (χ0v) is 6.53. The molecule has 11 heavy (non-hydrogen) atoms. The highest BCUT2D eigenvalue weighted by atomic mass is 16.3. The number of β-amino-alcohol motifs (C(OH)–C–C–N with tert-alkyl or cyclic N) is 1. The van der Waals surface area contributed by atoms with Gasteiger partial charge < -0.3 is 15.1 Å². The van der Waals surface area contributed by atoms with Crippen LogP contribution in [0.1, 0.15) is 6.92 Å². The Morgan fingerprint density at radius 1 is 1.64 bits per heavy atom. The molecule has 0 saturated carbocycles. The van der Waals surface area contributed by atoms with Gasteiger partial charge in [-0.25, -0.2) is 0 Å². The van der Waals surface area contributed by atoms with Gasteiger partial charge in [-0.3, -0.25) is 4.79 Å². The van der Waals surface area contributed by atoms with Crippen LogP contribution in [0, 0.1) is 5.92 Å². The summed E-state index contributed by atoms with van der Waals surface area (Å²) >= 11 is 0. The first kappa shape index (κ1) is 8.49. The quantitative estimate of drug-likeness (QED) is 0.506. The van der Waals surface area contributed by atoms with Gasteiger partial charge in [0.05, 0.1) is 12.7 Å². The number of carbonyl (C=O) groups excluding carboxylic acids is 1. The summed E-state index contributed by atoms with van der Waals surface area (Å²) in [5.41, 5.74) is 0. The average molecular weight is 159 g/mol. The predicted molar refractivity (Wildman–Crippen MR) is 38.8 cm³/mol. The van der Waals surface area contributed by atoms with Gasteiger partial charge in [-0.1, -0.05) is 0 Å². The van der Waals surface area contributed by atoms with E-state index in [9.17, 15) is 9.90 Å². The zero-order valence-electron chi connectivity index (χ0n) is 6.53. The van der Waals surface area contributed by atoms with Gasteiger partial charge in [-0.15, -0.1) is 0 Å². The highest BCUT2D eigenvalue weighted by Crippen LogP contribution is 2.15. The number of carbonyl (C=O) groups is 1. The lowest BCUT2D eigenvalue weighted by molar-refractivity contribution is -0.128. The molecule has 1 heterocycles. The van der Waals surface area contributed by atoms with E-state index in [2.05, 4.69) is 0 Å². The SMILES string of the molecule is CC(=O)N1C[C@@H](CO)[C@@H](O)C1. The average Bonchev–Trinajstić information content (AvgIpc) is 2.31. The van der Waals surface area contributed by atoms with E-state index in [-0.39, 0.29) is 18.4 Å². The molecule has 0 aromatic rings. The lowest BCUT2D eigenvalue weighted by Crippen LogP contribution is -2.26. The summed E-state index contributed by atoms with van der Waals surface area (Å²) in [5, 5.41) is 18.0. The standard InChI is InChI=1S/C7H13NO3/c1-5(10)8-2-6(4-9)7(11)3-8/h6-7,9,11H,2-4H2,1H3/t6-,7-/m0/s1. The minimum Gasteiger partial charge on any atom is -0.396 e. The molecular formula is C7H13NO3. The van der Waals surface area contributed by atoms with Gasteiger partial charge in [0.2, 0.25) is 5.91 Å². The van der Waals surface area contributed by atoms with Crippen molar-refractivity contribution in [3.8, 4) is 0 Å². The van der Waals surface area contributed by atoms with Crippen molar-refractivity contribution < 1.29 is 15.0 Å². The normalized spacial score (nSPS) is 31.0. The monoisotopic (exact) mass is 159 g/mol. The molecule has 0 radical (unpaired) electrons. The van der Waals surface area contributed by atoms with Crippen LogP contribution in [0.3, 0.4) is 0 Å². The molecule has 4 nitrogen and oxygen atoms in total. The molecule has 0 unspecified atom stereocenters. The number of hydrogen-bond acceptors (Lipinski definition) is 3. The summed E-state index contributed by atoms with van der Waals surface area (Å²) in [5.74, 6) is -0.195. The van der Waals surface area contributed by atoms with E-state index in [1.54, 1.807) is 4.90 Å². The Morgan fingerprint density at radius 3 is 2.55 bits per heavy atom. The number of aliphatic hydroxyl groups is 2. The summed E-state index contributed by atoms with van der Waals surface area (Å²) in [6.07, 6.45) is -0.552. The molecule has 64 valence electrons. The molecule has 1 fully saturated rings. The molecule has 0 bridgehead atoms. The highest BCUT2D eigenvalue weighted by Gasteiger charge is 2.31. The molecule has 0 aromatic carbocycles. The van der Waals surface area contributed by atoms with Gasteiger partial charge in [0.25, 0.3) is 0 Å². The number of nitrogens with zero attached hydrogens (tertiary/aromatic N) is 1. The molecule has 2 N–H and O–H groups in total. The largest absolute Gasteiger partial charge is 0.396 e. The Labute approximate surface area is 65.4 Å². The highest BCUT2D eigenvalue weighted by molar-refractivity contribution is 5.73. The summed E-state index contributed by atoms with van der Waals surface area (Å²) in [7, 11) is 0. The molecule has 0 aliphatic carbocycles. The van der Waals surface area contributed by atoms with Gasteiger partial charge >= 0.3 is 0 Å². The second kappa shape index (κ2) is 3.19. The molecule has 1 aliphatic rings. The van der Waals surface area contributed by atoms with Crippen molar-refractivity contribution in [2.24, 2.45) is 5.92 Å². The number of aliphatic hydroxyl groups excluding tert-OH is 2. The van der Waals surface area contributed by atoms with Crippen LogP contribution >= 0.6 is 0 Å². The molecule has 4 heteroatoms. The van der Waals surface area contributed by atoms with E-state index >= 15 is 0 Å². The maximum absolute atomic E-state index is 10.8. The van der Waals surface area contributed by atoms with E-state index in [0.717, 1.165) is 0 Å². The molecule has 0 spiro atoms. The van der Waals surface area contributed by atoms with Crippen LogP contribution in [-0.4, -0.2) is 46.8 Å². The van der Waals surface area contributed by atoms with Gasteiger partial charge in [0.15, 0.2) is 0 Å². The summed E-state index contributed by atoms with van der Waals surface area (Å²) in [4.78, 5) is 12.3. The van der Waals surface area contributed by atoms with Gasteiger partial charge in [-0.2, -0.15) is 0 Å². The minimum absolute atomic E-state index is 0.0417. The molecule has 1 amide bonds. The van der Waals surface area contributed by atoms with Crippen molar-refractivity contribution in [3.05, 3.63) is 0 Å². The number of amides is 1. The second-order valence-electron chi connectivity index (χ2n) is 2.93. The first-order chi connectivity index (χ1) is 5.15. The molecule has 1 aliphatic heterocycles. The van der Waals surface area contributed by atoms with Crippen LogP contribution in [0.2, 0.25) is 0 Å². The first-order valence-electron chi connectivity index (χ1n) is 3.69. The molecular weight excluding hydrogens is 146 g/mol. The number of likely N-dealkylation sites (tertiary alicyclic amines) is 1. The smallest absolute Gasteiger partial charge is 0.219 e. The number of rotatable bonds is 1. The van der Waals surface area contributed by atoms with Crippen molar-refractivity contribution in [1.29, 1.82) is 0 Å². The third-order valence-corrected chi connectivity index (χ3v) is 2.09. The van der Waals surface area contributed by atoms with E-state index in [1.165, 1.54) is 6.92 Å². The Kier molecular flexibility index (Phi) is 2.46. The predicted octanol–water partition coefficient (Wildman–Crippen LogP) is -1.18. The Bertz CT molecular complexity index is 160. The topological polar surface area (TPSA) is 60.8 Å². The molecule has 1 rings (SSSR count). The lowest BCUT2D eigenvalue weighted by atomic mass is 10.1. The fourth-order valence-corrected chi connectivity index (χ4v) is 1.29. The van der Waals surface area contributed by atoms with E-state index in [4.69, 9.17) is 5.11 Å². The Morgan fingerprint density at radius 2 is 2.27 bits per heavy atom. The van der Waals surface area contributed by atoms with Crippen molar-refractivity contribution in [3.63, 3.8) is 0 Å². The fourth-order valence-electron chi connectivity index (χ4n) is 1.29. The van der Waals surface area contributed by atoms with Crippen LogP contribution in [-0.2, 0) is 4.79 Å². The zero-order chi connectivity index (χ0) is 8.43. The molecule has 0 aromatic heterocycles. The fraction of sp³-hybridized carbons (Fsp3) is 0.857. The second-order valence-corrected chi connectivity index (χ2v) is 2.93. The summed E-state index contributed by atoms with van der Waals surface area (Å²) in [6.45, 7) is 2.25. The van der Waals surface area contributed by atoms with E-state index < -0.39 is 6.10 Å². The van der Waals surface area contributed by atoms with Gasteiger partial charge in [0.1, 0.15) is 0 Å². The summed E-state index contributed by atoms with van der Waals surface area (Å²) < 4.78 is 0. The third kappa shape index (κ3) is 1.70. The van der Waals surface area contributed by atoms with Crippen LogP contribution < -0.4 is 0 Å². The maximum Gasteiger partial charge on any atom is 0.219 e. The Hall–Kier alpha value is -0.610. The van der Waals surface area contributed by atoms with E-state index in [0.29, 0.717) is 13.1 Å². The van der Waals surface area contributed by atoms with Gasteiger partial charge in [-0.05, 0) is 0 Å². The van der Waals surface area contributed by atoms with Crippen LogP contribution in [0.4, 0.5) is 0 Å². The summed E-state index contributed by atoms with van der Waals surface area (Å²) in [6, 6.07) is 0. The number of hydrogen-bond donors (Lipinski definition) is 2. The van der Waals surface area contributed by atoms with E-state index in [1.807, 2.05) is 0 Å². The maximum atomic E-state index is 10.8. The molecule has 1 saturated heterocycles. The van der Waals surface area contributed by atoms with Crippen LogP contribution in [0.15, 0.2) is 0 Å². The third-order valence-electron chi connectivity index (χ3n) is 2.09. The minimum atomic E-state index is -0.552. The van der Waals surface area contributed by atoms with Crippen molar-refractivity contribution >= 4 is 5.91 Å². The van der Waals surface area contributed by atoms with Crippen LogP contribution in [0.25, 0.3) is 0 Å². The van der Waals surface area contributed by atoms with Crippen molar-refractivity contribution in [2.75, 3.05) is 19.7 Å². The van der Waals surface area contributed by atoms with Crippen molar-refractivity contribution in [1.82, 2.24) is 4.90 Å². The Balaban J connectivity index is 2.49. The van der Waals surface area contributed by atoms with Crippen LogP contribution in [0.5, 0.6) is 0 Å². The van der Waals surface area contributed by atoms with Gasteiger partial charge in [0, 0.05) is 25.9 Å². The lowest BCUT2D eigenvalue weighted by Gasteiger charge is -2.11.